The Labute approximate surface area is 68.5 Å². The number of hydrogen-bond acceptors (Lipinski definition) is 2. The summed E-state index contributed by atoms with van der Waals surface area (Å²) in [5, 5.41) is 3.55. The van der Waals surface area contributed by atoms with Crippen LogP contribution in [0.15, 0.2) is 23.3 Å². The topological polar surface area (TPSA) is 38.4 Å². The average Bonchev–Trinajstić information content (AvgIpc) is 1.95. The molecule has 0 aliphatic carbocycles. The molecular formula is C7H6ClFN2. The Hall–Kier alpha value is -1.09. The van der Waals surface area contributed by atoms with Gasteiger partial charge in [-0.1, -0.05) is 11.6 Å². The van der Waals surface area contributed by atoms with Crippen LogP contribution in [-0.4, -0.2) is 6.21 Å². The van der Waals surface area contributed by atoms with E-state index in [0.29, 0.717) is 10.6 Å². The minimum Gasteiger partial charge on any atom is -0.323 e. The Balaban J connectivity index is 3.09. The van der Waals surface area contributed by atoms with Gasteiger partial charge in [0.2, 0.25) is 0 Å². The zero-order valence-corrected chi connectivity index (χ0v) is 6.35. The molecule has 0 unspecified atom stereocenters. The fraction of sp³-hybridized carbons (Fsp3) is 0. The van der Waals surface area contributed by atoms with Gasteiger partial charge in [-0.3, -0.25) is 0 Å². The van der Waals surface area contributed by atoms with E-state index in [1.54, 1.807) is 6.07 Å². The molecule has 4 heteroatoms. The lowest BCUT2D eigenvalue weighted by atomic mass is 10.2. The van der Waals surface area contributed by atoms with Crippen LogP contribution in [0.5, 0.6) is 0 Å². The summed E-state index contributed by atoms with van der Waals surface area (Å²) < 4.78 is 12.8. The van der Waals surface area contributed by atoms with Gasteiger partial charge in [0.05, 0.1) is 6.21 Å². The molecule has 2 nitrogen and oxygen atoms in total. The molecule has 0 aliphatic rings. The van der Waals surface area contributed by atoms with Gasteiger partial charge < -0.3 is 5.84 Å². The number of hydrogen-bond donors (Lipinski definition) is 1. The lowest BCUT2D eigenvalue weighted by Crippen LogP contribution is -1.90. The van der Waals surface area contributed by atoms with Gasteiger partial charge in [-0.15, -0.1) is 0 Å². The number of nitrogens with two attached hydrogens (primary N) is 1. The SMILES string of the molecule is NN=Cc1ccc(Cl)cc1F. The third-order valence-electron chi connectivity index (χ3n) is 1.18. The Morgan fingerprint density at radius 3 is 2.82 bits per heavy atom. The second-order valence-corrected chi connectivity index (χ2v) is 2.38. The summed E-state index contributed by atoms with van der Waals surface area (Å²) in [6.45, 7) is 0. The van der Waals surface area contributed by atoms with Gasteiger partial charge in [0.1, 0.15) is 5.82 Å². The first-order chi connectivity index (χ1) is 5.24. The molecule has 1 aromatic carbocycles. The van der Waals surface area contributed by atoms with Crippen molar-refractivity contribution in [1.29, 1.82) is 0 Å². The highest BCUT2D eigenvalue weighted by Crippen LogP contribution is 2.12. The average molecular weight is 173 g/mol. The summed E-state index contributed by atoms with van der Waals surface area (Å²) in [5.74, 6) is 4.41. The van der Waals surface area contributed by atoms with Gasteiger partial charge in [-0.25, -0.2) is 4.39 Å². The van der Waals surface area contributed by atoms with Crippen LogP contribution >= 0.6 is 11.6 Å². The van der Waals surface area contributed by atoms with Crippen molar-refractivity contribution in [3.63, 3.8) is 0 Å². The molecule has 0 aliphatic heterocycles. The Morgan fingerprint density at radius 2 is 2.27 bits per heavy atom. The van der Waals surface area contributed by atoms with Gasteiger partial charge in [-0.05, 0) is 18.2 Å². The van der Waals surface area contributed by atoms with Crippen molar-refractivity contribution in [3.8, 4) is 0 Å². The van der Waals surface area contributed by atoms with Crippen molar-refractivity contribution < 1.29 is 4.39 Å². The maximum Gasteiger partial charge on any atom is 0.133 e. The van der Waals surface area contributed by atoms with Crippen LogP contribution in [0.4, 0.5) is 4.39 Å². The number of nitrogens with zero attached hydrogens (tertiary/aromatic N) is 1. The van der Waals surface area contributed by atoms with Crippen LogP contribution in [0.3, 0.4) is 0 Å². The van der Waals surface area contributed by atoms with Crippen molar-refractivity contribution in [1.82, 2.24) is 0 Å². The highest BCUT2D eigenvalue weighted by molar-refractivity contribution is 6.30. The van der Waals surface area contributed by atoms with Crippen LogP contribution in [0.1, 0.15) is 5.56 Å². The van der Waals surface area contributed by atoms with Crippen molar-refractivity contribution in [2.45, 2.75) is 0 Å². The van der Waals surface area contributed by atoms with Gasteiger partial charge in [0.25, 0.3) is 0 Å². The van der Waals surface area contributed by atoms with Gasteiger partial charge in [-0.2, -0.15) is 5.10 Å². The molecule has 0 amide bonds. The molecule has 0 fully saturated rings. The first-order valence-corrected chi connectivity index (χ1v) is 3.30. The van der Waals surface area contributed by atoms with E-state index in [2.05, 4.69) is 5.10 Å². The van der Waals surface area contributed by atoms with Crippen LogP contribution < -0.4 is 5.84 Å². The second-order valence-electron chi connectivity index (χ2n) is 1.94. The smallest absolute Gasteiger partial charge is 0.133 e. The highest BCUT2D eigenvalue weighted by atomic mass is 35.5. The summed E-state index contributed by atoms with van der Waals surface area (Å²) in [6, 6.07) is 4.29. The molecule has 2 N–H and O–H groups in total. The fourth-order valence-corrected chi connectivity index (χ4v) is 0.845. The second kappa shape index (κ2) is 3.34. The maximum absolute atomic E-state index is 12.8. The molecular weight excluding hydrogens is 167 g/mol. The molecule has 0 aromatic heterocycles. The summed E-state index contributed by atoms with van der Waals surface area (Å²) >= 11 is 5.50. The van der Waals surface area contributed by atoms with Crippen molar-refractivity contribution >= 4 is 17.8 Å². The number of benzene rings is 1. The lowest BCUT2D eigenvalue weighted by molar-refractivity contribution is 0.626. The van der Waals surface area contributed by atoms with Crippen molar-refractivity contribution in [2.75, 3.05) is 0 Å². The van der Waals surface area contributed by atoms with Gasteiger partial charge in [0.15, 0.2) is 0 Å². The number of halogens is 2. The largest absolute Gasteiger partial charge is 0.323 e. The molecule has 11 heavy (non-hydrogen) atoms. The Kier molecular flexibility index (Phi) is 2.44. The van der Waals surface area contributed by atoms with E-state index in [0.717, 1.165) is 0 Å². The van der Waals surface area contributed by atoms with Crippen LogP contribution in [0.2, 0.25) is 5.02 Å². The monoisotopic (exact) mass is 172 g/mol. The van der Waals surface area contributed by atoms with E-state index in [4.69, 9.17) is 17.4 Å². The normalized spacial score (nSPS) is 10.7. The molecule has 0 spiro atoms. The highest BCUT2D eigenvalue weighted by Gasteiger charge is 1.98. The fourth-order valence-electron chi connectivity index (χ4n) is 0.687. The number of rotatable bonds is 1. The minimum absolute atomic E-state index is 0.330. The summed E-state index contributed by atoms with van der Waals surface area (Å²) in [5.41, 5.74) is 0.330. The lowest BCUT2D eigenvalue weighted by Gasteiger charge is -1.94. The van der Waals surface area contributed by atoms with Crippen LogP contribution in [0.25, 0.3) is 0 Å². The molecule has 0 bridgehead atoms. The van der Waals surface area contributed by atoms with E-state index in [1.165, 1.54) is 18.3 Å². The molecule has 0 heterocycles. The summed E-state index contributed by atoms with van der Waals surface area (Å²) in [7, 11) is 0. The Bertz CT molecular complexity index is 286. The first kappa shape index (κ1) is 8.01. The quantitative estimate of drug-likeness (QED) is 0.391. The maximum atomic E-state index is 12.8. The van der Waals surface area contributed by atoms with E-state index >= 15 is 0 Å². The zero-order chi connectivity index (χ0) is 8.27. The van der Waals surface area contributed by atoms with E-state index in [1.807, 2.05) is 0 Å². The van der Waals surface area contributed by atoms with Gasteiger partial charge >= 0.3 is 0 Å². The van der Waals surface area contributed by atoms with E-state index in [-0.39, 0.29) is 0 Å². The predicted molar refractivity (Wildman–Crippen MR) is 43.2 cm³/mol. The number of hydrazone groups is 1. The molecule has 0 saturated heterocycles. The van der Waals surface area contributed by atoms with Crippen molar-refractivity contribution in [3.05, 3.63) is 34.6 Å². The third-order valence-corrected chi connectivity index (χ3v) is 1.41. The molecule has 1 rings (SSSR count). The standard InChI is InChI=1S/C7H6ClFN2/c8-6-2-1-5(4-11-10)7(9)3-6/h1-4H,10H2. The van der Waals surface area contributed by atoms with E-state index in [9.17, 15) is 4.39 Å². The summed E-state index contributed by atoms with van der Waals surface area (Å²) in [4.78, 5) is 0. The summed E-state index contributed by atoms with van der Waals surface area (Å²) in [6.07, 6.45) is 1.23. The third kappa shape index (κ3) is 1.91. The van der Waals surface area contributed by atoms with Crippen molar-refractivity contribution in [2.24, 2.45) is 10.9 Å². The van der Waals surface area contributed by atoms with Gasteiger partial charge in [0, 0.05) is 10.6 Å². The predicted octanol–water partition coefficient (Wildman–Crippen LogP) is 1.77. The van der Waals surface area contributed by atoms with E-state index < -0.39 is 5.82 Å². The molecule has 0 saturated carbocycles. The molecule has 0 atom stereocenters. The first-order valence-electron chi connectivity index (χ1n) is 2.92. The van der Waals surface area contributed by atoms with Crippen LogP contribution in [-0.2, 0) is 0 Å². The molecule has 1 aromatic rings. The zero-order valence-electron chi connectivity index (χ0n) is 5.59. The molecule has 0 radical (unpaired) electrons. The molecule has 58 valence electrons. The van der Waals surface area contributed by atoms with Crippen LogP contribution in [0, 0.1) is 5.82 Å². The minimum atomic E-state index is -0.424. The Morgan fingerprint density at radius 1 is 1.55 bits per heavy atom.